The summed E-state index contributed by atoms with van der Waals surface area (Å²) in [5.74, 6) is 0.465. The fraction of sp³-hybridized carbons (Fsp3) is 0.462. The Morgan fingerprint density at radius 3 is 2.25 bits per heavy atom. The van der Waals surface area contributed by atoms with Gasteiger partial charge in [-0.25, -0.2) is 0 Å². The lowest BCUT2D eigenvalue weighted by atomic mass is 10.0. The number of nitrogens with one attached hydrogen (secondary N) is 1. The predicted octanol–water partition coefficient (Wildman–Crippen LogP) is 3.77. The normalized spacial score (nSPS) is 12.6. The minimum Gasteiger partial charge on any atom is -0.326 e. The summed E-state index contributed by atoms with van der Waals surface area (Å²) in [7, 11) is 0. The maximum Gasteiger partial charge on any atom is 0.225 e. The zero-order valence-corrected chi connectivity index (χ0v) is 10.7. The number of alkyl halides is 1. The van der Waals surface area contributed by atoms with Gasteiger partial charge < -0.3 is 5.32 Å². The molecule has 0 saturated carbocycles. The van der Waals surface area contributed by atoms with Gasteiger partial charge in [-0.15, -0.1) is 11.6 Å². The van der Waals surface area contributed by atoms with Gasteiger partial charge in [-0.2, -0.15) is 0 Å². The van der Waals surface area contributed by atoms with E-state index in [1.165, 1.54) is 5.56 Å². The standard InChI is InChI=1S/C13H18ClNO/c1-9(2)11-4-6-12(7-5-11)15-13(16)8-10(3)14/h4-7,9-10H,8H2,1-3H3,(H,15,16). The first-order valence-corrected chi connectivity index (χ1v) is 5.96. The molecular formula is C13H18ClNO. The lowest BCUT2D eigenvalue weighted by molar-refractivity contribution is -0.116. The van der Waals surface area contributed by atoms with E-state index in [2.05, 4.69) is 19.2 Å². The molecule has 2 nitrogen and oxygen atoms in total. The molecule has 0 fully saturated rings. The molecule has 0 aliphatic carbocycles. The molecule has 1 aromatic rings. The van der Waals surface area contributed by atoms with Crippen molar-refractivity contribution in [3.63, 3.8) is 0 Å². The SMILES string of the molecule is CC(Cl)CC(=O)Nc1ccc(C(C)C)cc1. The average Bonchev–Trinajstić information content (AvgIpc) is 2.16. The van der Waals surface area contributed by atoms with Gasteiger partial charge in [0.05, 0.1) is 0 Å². The van der Waals surface area contributed by atoms with Crippen LogP contribution in [-0.2, 0) is 4.79 Å². The molecule has 0 bridgehead atoms. The molecule has 1 atom stereocenters. The molecule has 1 unspecified atom stereocenters. The number of carbonyl (C=O) groups is 1. The summed E-state index contributed by atoms with van der Waals surface area (Å²) >= 11 is 5.74. The number of hydrogen-bond acceptors (Lipinski definition) is 1. The summed E-state index contributed by atoms with van der Waals surface area (Å²) in [4.78, 5) is 11.4. The van der Waals surface area contributed by atoms with Gasteiger partial charge in [0.2, 0.25) is 5.91 Å². The fourth-order valence-corrected chi connectivity index (χ4v) is 1.56. The fourth-order valence-electron chi connectivity index (χ4n) is 1.42. The molecule has 1 amide bonds. The van der Waals surface area contributed by atoms with E-state index in [0.29, 0.717) is 12.3 Å². The Morgan fingerprint density at radius 2 is 1.81 bits per heavy atom. The van der Waals surface area contributed by atoms with Gasteiger partial charge in [0, 0.05) is 17.5 Å². The van der Waals surface area contributed by atoms with Crippen LogP contribution < -0.4 is 5.32 Å². The highest BCUT2D eigenvalue weighted by Crippen LogP contribution is 2.17. The van der Waals surface area contributed by atoms with Crippen LogP contribution in [0.25, 0.3) is 0 Å². The van der Waals surface area contributed by atoms with Gasteiger partial charge in [-0.05, 0) is 30.5 Å². The van der Waals surface area contributed by atoms with Gasteiger partial charge in [0.1, 0.15) is 0 Å². The van der Waals surface area contributed by atoms with E-state index in [-0.39, 0.29) is 11.3 Å². The van der Waals surface area contributed by atoms with Crippen LogP contribution in [0.1, 0.15) is 38.7 Å². The molecule has 16 heavy (non-hydrogen) atoms. The summed E-state index contributed by atoms with van der Waals surface area (Å²) in [6, 6.07) is 7.91. The lowest BCUT2D eigenvalue weighted by Crippen LogP contribution is -2.14. The second-order valence-electron chi connectivity index (χ2n) is 4.31. The molecule has 0 aliphatic heterocycles. The highest BCUT2D eigenvalue weighted by Gasteiger charge is 2.06. The zero-order chi connectivity index (χ0) is 12.1. The summed E-state index contributed by atoms with van der Waals surface area (Å²) in [5.41, 5.74) is 2.09. The molecule has 0 saturated heterocycles. The van der Waals surface area contributed by atoms with Gasteiger partial charge in [0.15, 0.2) is 0 Å². The van der Waals surface area contributed by atoms with Crippen molar-refractivity contribution in [1.29, 1.82) is 0 Å². The largest absolute Gasteiger partial charge is 0.326 e. The minimum atomic E-state index is -0.130. The zero-order valence-electron chi connectivity index (χ0n) is 9.96. The van der Waals surface area contributed by atoms with Crippen LogP contribution in [0.3, 0.4) is 0 Å². The first-order valence-electron chi connectivity index (χ1n) is 5.53. The molecule has 0 heterocycles. The van der Waals surface area contributed by atoms with Crippen LogP contribution in [-0.4, -0.2) is 11.3 Å². The maximum absolute atomic E-state index is 11.4. The number of anilines is 1. The van der Waals surface area contributed by atoms with Crippen molar-refractivity contribution in [2.45, 2.75) is 38.5 Å². The van der Waals surface area contributed by atoms with Gasteiger partial charge in [0.25, 0.3) is 0 Å². The van der Waals surface area contributed by atoms with Gasteiger partial charge in [-0.3, -0.25) is 4.79 Å². The maximum atomic E-state index is 11.4. The molecule has 0 aromatic heterocycles. The number of benzene rings is 1. The van der Waals surface area contributed by atoms with Crippen molar-refractivity contribution in [1.82, 2.24) is 0 Å². The third-order valence-corrected chi connectivity index (χ3v) is 2.48. The molecule has 1 N–H and O–H groups in total. The van der Waals surface area contributed by atoms with Crippen LogP contribution in [0.4, 0.5) is 5.69 Å². The molecule has 0 aliphatic rings. The quantitative estimate of drug-likeness (QED) is 0.797. The Balaban J connectivity index is 2.58. The van der Waals surface area contributed by atoms with E-state index in [0.717, 1.165) is 5.69 Å². The summed E-state index contributed by atoms with van der Waals surface area (Å²) in [6.07, 6.45) is 0.341. The Kier molecular flexibility index (Phi) is 4.81. The van der Waals surface area contributed by atoms with Crippen molar-refractivity contribution in [3.05, 3.63) is 29.8 Å². The smallest absolute Gasteiger partial charge is 0.225 e. The molecular weight excluding hydrogens is 222 g/mol. The van der Waals surface area contributed by atoms with E-state index >= 15 is 0 Å². The Morgan fingerprint density at radius 1 is 1.25 bits per heavy atom. The summed E-state index contributed by atoms with van der Waals surface area (Å²) in [6.45, 7) is 6.09. The predicted molar refractivity (Wildman–Crippen MR) is 69.1 cm³/mol. The van der Waals surface area contributed by atoms with Crippen molar-refractivity contribution in [3.8, 4) is 0 Å². The highest BCUT2D eigenvalue weighted by atomic mass is 35.5. The number of halogens is 1. The number of amides is 1. The third-order valence-electron chi connectivity index (χ3n) is 2.33. The van der Waals surface area contributed by atoms with Crippen molar-refractivity contribution >= 4 is 23.2 Å². The van der Waals surface area contributed by atoms with Crippen LogP contribution in [0.15, 0.2) is 24.3 Å². The summed E-state index contributed by atoms with van der Waals surface area (Å²) < 4.78 is 0. The summed E-state index contributed by atoms with van der Waals surface area (Å²) in [5, 5.41) is 2.69. The number of hydrogen-bond donors (Lipinski definition) is 1. The monoisotopic (exact) mass is 239 g/mol. The second kappa shape index (κ2) is 5.90. The van der Waals surface area contributed by atoms with Crippen LogP contribution in [0.2, 0.25) is 0 Å². The van der Waals surface area contributed by atoms with E-state index in [1.54, 1.807) is 0 Å². The van der Waals surface area contributed by atoms with Crippen molar-refractivity contribution < 1.29 is 4.79 Å². The minimum absolute atomic E-state index is 0.0419. The molecule has 3 heteroatoms. The van der Waals surface area contributed by atoms with Gasteiger partial charge in [-0.1, -0.05) is 26.0 Å². The average molecular weight is 240 g/mol. The van der Waals surface area contributed by atoms with Gasteiger partial charge >= 0.3 is 0 Å². The Bertz CT molecular complexity index is 343. The van der Waals surface area contributed by atoms with E-state index in [1.807, 2.05) is 31.2 Å². The number of carbonyl (C=O) groups excluding carboxylic acids is 1. The number of rotatable bonds is 4. The van der Waals surface area contributed by atoms with E-state index < -0.39 is 0 Å². The topological polar surface area (TPSA) is 29.1 Å². The highest BCUT2D eigenvalue weighted by molar-refractivity contribution is 6.21. The molecule has 1 aromatic carbocycles. The molecule has 1 rings (SSSR count). The molecule has 0 radical (unpaired) electrons. The van der Waals surface area contributed by atoms with Crippen molar-refractivity contribution in [2.75, 3.05) is 5.32 Å². The van der Waals surface area contributed by atoms with Crippen LogP contribution in [0, 0.1) is 0 Å². The molecule has 0 spiro atoms. The first-order chi connectivity index (χ1) is 7.49. The Labute approximate surface area is 102 Å². The van der Waals surface area contributed by atoms with E-state index in [4.69, 9.17) is 11.6 Å². The third kappa shape index (κ3) is 4.23. The Hall–Kier alpha value is -1.02. The molecule has 88 valence electrons. The second-order valence-corrected chi connectivity index (χ2v) is 5.05. The lowest BCUT2D eigenvalue weighted by Gasteiger charge is -2.08. The van der Waals surface area contributed by atoms with Crippen molar-refractivity contribution in [2.24, 2.45) is 0 Å². The van der Waals surface area contributed by atoms with Crippen LogP contribution in [0.5, 0.6) is 0 Å². The first kappa shape index (κ1) is 13.0. The van der Waals surface area contributed by atoms with E-state index in [9.17, 15) is 4.79 Å². The van der Waals surface area contributed by atoms with Crippen LogP contribution >= 0.6 is 11.6 Å².